The third-order valence-corrected chi connectivity index (χ3v) is 5.32. The summed E-state index contributed by atoms with van der Waals surface area (Å²) in [5.41, 5.74) is 3.76. The van der Waals surface area contributed by atoms with E-state index in [2.05, 4.69) is 32.9 Å². The van der Waals surface area contributed by atoms with Crippen LogP contribution in [-0.4, -0.2) is 31.4 Å². The number of ether oxygens (including phenoxy) is 1. The van der Waals surface area contributed by atoms with E-state index in [0.717, 1.165) is 16.7 Å². The van der Waals surface area contributed by atoms with Gasteiger partial charge in [-0.2, -0.15) is 0 Å². The zero-order valence-electron chi connectivity index (χ0n) is 16.1. The van der Waals surface area contributed by atoms with Crippen LogP contribution in [0.4, 0.5) is 0 Å². The summed E-state index contributed by atoms with van der Waals surface area (Å²) in [6.45, 7) is 14.3. The second-order valence-electron chi connectivity index (χ2n) is 7.82. The molecule has 2 rings (SSSR count). The number of hydrogen-bond donors (Lipinski definition) is 0. The Labute approximate surface area is 146 Å². The molecule has 132 valence electrons. The average Bonchev–Trinajstić information content (AvgIpc) is 2.64. The van der Waals surface area contributed by atoms with E-state index in [9.17, 15) is 4.79 Å². The molecule has 0 bridgehead atoms. The van der Waals surface area contributed by atoms with Crippen LogP contribution in [0.5, 0.6) is 0 Å². The quantitative estimate of drug-likeness (QED) is 0.620. The minimum Gasteiger partial charge on any atom is -0.469 e. The first kappa shape index (κ1) is 19.0. The normalized spacial score (nSPS) is 20.1. The molecule has 0 N–H and O–H groups in total. The van der Waals surface area contributed by atoms with Gasteiger partial charge in [0.15, 0.2) is 0 Å². The van der Waals surface area contributed by atoms with E-state index in [-0.39, 0.29) is 18.2 Å². The number of carbonyl (C=O) groups excluding carboxylic acids is 1. The summed E-state index contributed by atoms with van der Waals surface area (Å²) in [6.07, 6.45) is 0.234. The van der Waals surface area contributed by atoms with Gasteiger partial charge in [0.2, 0.25) is 0 Å². The molecule has 1 aliphatic heterocycles. The summed E-state index contributed by atoms with van der Waals surface area (Å²) in [7, 11) is 0.938. The van der Waals surface area contributed by atoms with Crippen molar-refractivity contribution in [1.29, 1.82) is 0 Å². The van der Waals surface area contributed by atoms with Gasteiger partial charge in [-0.1, -0.05) is 17.7 Å². The van der Waals surface area contributed by atoms with Crippen molar-refractivity contribution in [1.82, 2.24) is 0 Å². The highest BCUT2D eigenvalue weighted by Gasteiger charge is 2.54. The van der Waals surface area contributed by atoms with Gasteiger partial charge >= 0.3 is 13.1 Å². The van der Waals surface area contributed by atoms with Gasteiger partial charge < -0.3 is 14.0 Å². The van der Waals surface area contributed by atoms with Gasteiger partial charge in [-0.15, -0.1) is 0 Å². The van der Waals surface area contributed by atoms with Crippen LogP contribution < -0.4 is 0 Å². The summed E-state index contributed by atoms with van der Waals surface area (Å²) < 4.78 is 17.4. The lowest BCUT2D eigenvalue weighted by Gasteiger charge is -2.32. The molecule has 5 heteroatoms. The molecule has 4 nitrogen and oxygen atoms in total. The van der Waals surface area contributed by atoms with Crippen LogP contribution >= 0.6 is 0 Å². The Kier molecular flexibility index (Phi) is 5.17. The summed E-state index contributed by atoms with van der Waals surface area (Å²) >= 11 is 0. The zero-order valence-corrected chi connectivity index (χ0v) is 16.1. The number of benzene rings is 1. The van der Waals surface area contributed by atoms with E-state index < -0.39 is 18.3 Å². The van der Waals surface area contributed by atoms with Gasteiger partial charge in [-0.3, -0.25) is 4.79 Å². The van der Waals surface area contributed by atoms with Crippen molar-refractivity contribution in [3.63, 3.8) is 0 Å². The lowest BCUT2D eigenvalue weighted by Crippen LogP contribution is -2.41. The molecule has 1 aromatic rings. The molecular weight excluding hydrogens is 303 g/mol. The smallest absolute Gasteiger partial charge is 0.466 e. The van der Waals surface area contributed by atoms with E-state index in [0.29, 0.717) is 0 Å². The molecule has 0 aliphatic carbocycles. The number of aryl methyl sites for hydroxylation is 3. The number of esters is 1. The summed E-state index contributed by atoms with van der Waals surface area (Å²) in [4.78, 5) is 12.0. The number of hydrogen-bond acceptors (Lipinski definition) is 4. The Hall–Kier alpha value is -1.33. The van der Waals surface area contributed by atoms with Crippen LogP contribution in [0.25, 0.3) is 0 Å². The average molecular weight is 332 g/mol. The molecule has 0 radical (unpaired) electrons. The Morgan fingerprint density at radius 2 is 1.54 bits per heavy atom. The molecule has 0 saturated carbocycles. The van der Waals surface area contributed by atoms with Crippen molar-refractivity contribution in [3.8, 4) is 0 Å². The molecular formula is C19H29BO4. The lowest BCUT2D eigenvalue weighted by molar-refractivity contribution is -0.140. The molecule has 1 heterocycles. The Balaban J connectivity index is 2.46. The first-order valence-electron chi connectivity index (χ1n) is 8.48. The molecule has 24 heavy (non-hydrogen) atoms. The molecule has 0 amide bonds. The molecule has 1 saturated heterocycles. The molecule has 1 atom stereocenters. The first-order chi connectivity index (χ1) is 11.0. The van der Waals surface area contributed by atoms with Crippen molar-refractivity contribution in [3.05, 3.63) is 34.4 Å². The first-order valence-corrected chi connectivity index (χ1v) is 8.48. The van der Waals surface area contributed by atoms with Gasteiger partial charge in [-0.05, 0) is 65.2 Å². The molecule has 0 spiro atoms. The van der Waals surface area contributed by atoms with Crippen LogP contribution in [-0.2, 0) is 18.8 Å². The maximum Gasteiger partial charge on any atom is 0.466 e. The Morgan fingerprint density at radius 1 is 1.08 bits per heavy atom. The van der Waals surface area contributed by atoms with Gasteiger partial charge in [0.25, 0.3) is 0 Å². The predicted octanol–water partition coefficient (Wildman–Crippen LogP) is 3.89. The van der Waals surface area contributed by atoms with Crippen LogP contribution in [0, 0.1) is 20.8 Å². The maximum absolute atomic E-state index is 12.0. The van der Waals surface area contributed by atoms with Crippen LogP contribution in [0.15, 0.2) is 12.1 Å². The van der Waals surface area contributed by atoms with Crippen LogP contribution in [0.2, 0.25) is 0 Å². The van der Waals surface area contributed by atoms with Crippen molar-refractivity contribution < 1.29 is 18.8 Å². The summed E-state index contributed by atoms with van der Waals surface area (Å²) in [5.74, 6) is -0.451. The van der Waals surface area contributed by atoms with E-state index in [1.807, 2.05) is 27.7 Å². The van der Waals surface area contributed by atoms with Crippen molar-refractivity contribution >= 4 is 13.1 Å². The van der Waals surface area contributed by atoms with Gasteiger partial charge in [0.05, 0.1) is 24.7 Å². The third kappa shape index (κ3) is 3.52. The number of methoxy groups -OCH3 is 1. The highest BCUT2D eigenvalue weighted by atomic mass is 16.7. The van der Waals surface area contributed by atoms with Crippen molar-refractivity contribution in [2.24, 2.45) is 0 Å². The fourth-order valence-corrected chi connectivity index (χ4v) is 3.43. The molecule has 1 fully saturated rings. The second kappa shape index (κ2) is 6.53. The minimum atomic E-state index is -0.478. The highest BCUT2D eigenvalue weighted by Crippen LogP contribution is 2.43. The van der Waals surface area contributed by atoms with E-state index in [1.165, 1.54) is 12.7 Å². The van der Waals surface area contributed by atoms with E-state index >= 15 is 0 Å². The van der Waals surface area contributed by atoms with E-state index in [1.54, 1.807) is 0 Å². The van der Waals surface area contributed by atoms with Gasteiger partial charge in [0, 0.05) is 5.82 Å². The van der Waals surface area contributed by atoms with Crippen molar-refractivity contribution in [2.45, 2.75) is 71.9 Å². The topological polar surface area (TPSA) is 44.8 Å². The SMILES string of the molecule is COC(=O)CC(B1OC(C)(C)C(C)(C)O1)c1c(C)cc(C)cc1C. The number of carbonyl (C=O) groups is 1. The Morgan fingerprint density at radius 3 is 1.96 bits per heavy atom. The van der Waals surface area contributed by atoms with Gasteiger partial charge in [0.1, 0.15) is 0 Å². The maximum atomic E-state index is 12.0. The molecule has 1 aromatic carbocycles. The highest BCUT2D eigenvalue weighted by molar-refractivity contribution is 6.48. The largest absolute Gasteiger partial charge is 0.469 e. The molecule has 1 unspecified atom stereocenters. The zero-order chi connectivity index (χ0) is 18.3. The predicted molar refractivity (Wildman–Crippen MR) is 96.1 cm³/mol. The van der Waals surface area contributed by atoms with Crippen LogP contribution in [0.3, 0.4) is 0 Å². The Bertz CT molecular complexity index is 597. The number of rotatable bonds is 4. The lowest BCUT2D eigenvalue weighted by atomic mass is 9.64. The monoisotopic (exact) mass is 332 g/mol. The summed E-state index contributed by atoms with van der Waals surface area (Å²) in [6, 6.07) is 4.27. The third-order valence-electron chi connectivity index (χ3n) is 5.32. The summed E-state index contributed by atoms with van der Waals surface area (Å²) in [5, 5.41) is 0. The second-order valence-corrected chi connectivity index (χ2v) is 7.82. The van der Waals surface area contributed by atoms with Crippen molar-refractivity contribution in [2.75, 3.05) is 7.11 Å². The fourth-order valence-electron chi connectivity index (χ4n) is 3.43. The standard InChI is InChI=1S/C19H29BO4/c1-12-9-13(2)17(14(3)10-12)15(11-16(21)22-8)20-23-18(4,5)19(6,7)24-20/h9-10,15H,11H2,1-8H3. The molecule has 0 aromatic heterocycles. The molecule has 1 aliphatic rings. The van der Waals surface area contributed by atoms with Crippen LogP contribution in [0.1, 0.15) is 62.2 Å². The fraction of sp³-hybridized carbons (Fsp3) is 0.632. The van der Waals surface area contributed by atoms with E-state index in [4.69, 9.17) is 14.0 Å². The van der Waals surface area contributed by atoms with Gasteiger partial charge in [-0.25, -0.2) is 0 Å². The minimum absolute atomic E-state index is 0.195.